The van der Waals surface area contributed by atoms with Crippen LogP contribution in [0.4, 0.5) is 0 Å². The van der Waals surface area contributed by atoms with Crippen molar-refractivity contribution in [1.29, 1.82) is 0 Å². The molecule has 14 heteroatoms. The third-order valence-electron chi connectivity index (χ3n) is 0. The fourth-order valence-electron chi connectivity index (χ4n) is 0. The molecule has 0 aliphatic carbocycles. The van der Waals surface area contributed by atoms with Gasteiger partial charge in [0, 0.05) is 0 Å². The SMILES string of the molecule is O=P(O)(O)O.O=P([O-])([O-])O.[Cl-].[K+].[NH4+].[NH4+]. The van der Waals surface area contributed by atoms with E-state index >= 15 is 0 Å². The van der Waals surface area contributed by atoms with Crippen LogP contribution in [0.2, 0.25) is 0 Å². The molecule has 0 bridgehead atoms. The minimum atomic E-state index is -5.14. The maximum absolute atomic E-state index is 8.88. The van der Waals surface area contributed by atoms with Crippen molar-refractivity contribution in [2.24, 2.45) is 0 Å². The molecule has 0 rings (SSSR count). The zero-order valence-corrected chi connectivity index (χ0v) is 13.4. The van der Waals surface area contributed by atoms with Crippen molar-refractivity contribution < 1.29 is 102 Å². The third-order valence-corrected chi connectivity index (χ3v) is 0. The first kappa shape index (κ1) is 36.0. The monoisotopic (exact) mass is 304 g/mol. The second kappa shape index (κ2) is 15.1. The molecule has 10 nitrogen and oxygen atoms in total. The zero-order valence-electron chi connectivity index (χ0n) is 7.69. The fraction of sp³-hybridized carbons (Fsp3) is 0. The van der Waals surface area contributed by atoms with Crippen LogP contribution in [0.5, 0.6) is 0 Å². The average Bonchev–Trinajstić information content (AvgIpc) is 1.12. The summed E-state index contributed by atoms with van der Waals surface area (Å²) in [5, 5.41) is 0. The van der Waals surface area contributed by atoms with Crippen LogP contribution < -0.4 is 85.9 Å². The smallest absolute Gasteiger partial charge is 1.00 e. The molecule has 0 unspecified atom stereocenters. The average molecular weight is 305 g/mol. The second-order valence-corrected chi connectivity index (χ2v) is 2.95. The van der Waals surface area contributed by atoms with Crippen molar-refractivity contribution in [2.45, 2.75) is 0 Å². The van der Waals surface area contributed by atoms with Gasteiger partial charge in [-0.25, -0.2) is 4.57 Å². The van der Waals surface area contributed by atoms with Gasteiger partial charge in [0.25, 0.3) is 0 Å². The van der Waals surface area contributed by atoms with Gasteiger partial charge in [-0.3, -0.25) is 0 Å². The summed E-state index contributed by atoms with van der Waals surface area (Å²) in [7, 11) is -9.78. The van der Waals surface area contributed by atoms with E-state index in [4.69, 9.17) is 38.5 Å². The number of quaternary nitrogens is 2. The fourth-order valence-corrected chi connectivity index (χ4v) is 0. The van der Waals surface area contributed by atoms with Gasteiger partial charge < -0.3 is 58.6 Å². The molecule has 0 saturated carbocycles. The molecule has 0 heterocycles. The van der Waals surface area contributed by atoms with E-state index in [1.807, 2.05) is 0 Å². The van der Waals surface area contributed by atoms with Gasteiger partial charge in [0.2, 0.25) is 0 Å². The van der Waals surface area contributed by atoms with Crippen LogP contribution in [0.3, 0.4) is 0 Å². The Balaban J connectivity index is -0.0000000178. The van der Waals surface area contributed by atoms with Crippen LogP contribution in [0.15, 0.2) is 0 Å². The summed E-state index contributed by atoms with van der Waals surface area (Å²) in [4.78, 5) is 45.8. The molecular weight excluding hydrogens is 293 g/mol. The van der Waals surface area contributed by atoms with E-state index in [0.717, 1.165) is 0 Å². The largest absolute Gasteiger partial charge is 1.00 e. The van der Waals surface area contributed by atoms with Gasteiger partial charge in [-0.05, 0) is 0 Å². The van der Waals surface area contributed by atoms with E-state index in [0.29, 0.717) is 0 Å². The van der Waals surface area contributed by atoms with Gasteiger partial charge in [-0.1, -0.05) is 0 Å². The van der Waals surface area contributed by atoms with Crippen LogP contribution in [0, 0.1) is 0 Å². The van der Waals surface area contributed by atoms with Crippen molar-refractivity contribution >= 4 is 15.6 Å². The normalized spacial score (nSPS) is 8.43. The molecule has 0 aromatic carbocycles. The first-order chi connectivity index (χ1) is 4.00. The van der Waals surface area contributed by atoms with Crippen LogP contribution in [-0.4, -0.2) is 19.6 Å². The molecule has 0 aromatic rings. The van der Waals surface area contributed by atoms with E-state index in [1.165, 1.54) is 0 Å². The quantitative estimate of drug-likeness (QED) is 0.185. The molecule has 12 N–H and O–H groups in total. The summed E-state index contributed by atoms with van der Waals surface area (Å²) >= 11 is 0. The molecule has 88 valence electrons. The van der Waals surface area contributed by atoms with Crippen LogP contribution in [0.1, 0.15) is 0 Å². The van der Waals surface area contributed by atoms with Gasteiger partial charge in [-0.2, -0.15) is 0 Å². The van der Waals surface area contributed by atoms with E-state index in [2.05, 4.69) is 0 Å². The van der Waals surface area contributed by atoms with Crippen molar-refractivity contribution in [3.63, 3.8) is 0 Å². The first-order valence-electron chi connectivity index (χ1n) is 1.53. The predicted molar refractivity (Wildman–Crippen MR) is 36.1 cm³/mol. The third kappa shape index (κ3) is 562. The summed E-state index contributed by atoms with van der Waals surface area (Å²) < 4.78 is 17.5. The Labute approximate surface area is 129 Å². The number of halogens is 1. The Morgan fingerprint density at radius 1 is 0.857 bits per heavy atom. The number of hydrogen-bond donors (Lipinski definition) is 6. The summed E-state index contributed by atoms with van der Waals surface area (Å²) in [6, 6.07) is 0. The van der Waals surface area contributed by atoms with E-state index in [1.54, 1.807) is 0 Å². The van der Waals surface area contributed by atoms with Gasteiger partial charge >= 0.3 is 59.2 Å². The second-order valence-electron chi connectivity index (χ2n) is 0.982. The first-order valence-corrected chi connectivity index (χ1v) is 4.59. The number of hydrogen-bond acceptors (Lipinski definition) is 4. The molecule has 14 heavy (non-hydrogen) atoms. The van der Waals surface area contributed by atoms with Crippen LogP contribution in [0.25, 0.3) is 0 Å². The Kier molecular flexibility index (Phi) is 38.7. The van der Waals surface area contributed by atoms with Gasteiger partial charge in [0.1, 0.15) is 0 Å². The summed E-state index contributed by atoms with van der Waals surface area (Å²) in [6.45, 7) is 0. The van der Waals surface area contributed by atoms with Gasteiger partial charge in [-0.15, -0.1) is 0 Å². The van der Waals surface area contributed by atoms with Crippen molar-refractivity contribution in [1.82, 2.24) is 12.3 Å². The Hall–Kier alpha value is 2.07. The van der Waals surface area contributed by atoms with Crippen molar-refractivity contribution in [3.8, 4) is 0 Å². The van der Waals surface area contributed by atoms with E-state index < -0.39 is 15.6 Å². The molecule has 0 atom stereocenters. The van der Waals surface area contributed by atoms with Crippen LogP contribution in [-0.2, 0) is 9.13 Å². The standard InChI is InChI=1S/ClH.K.2H3N.2H3O4P/c;;;;2*1-5(2,3)4/h1H;;2*1H3;2*(H3,1,2,3,4)/q;+1;;;;/p-1. The molecule has 0 spiro atoms. The van der Waals surface area contributed by atoms with Crippen LogP contribution >= 0.6 is 15.6 Å². The Bertz CT molecular complexity index is 138. The maximum Gasteiger partial charge on any atom is 1.00 e. The summed E-state index contributed by atoms with van der Waals surface area (Å²) in [5.74, 6) is 0. The molecule has 0 fully saturated rings. The van der Waals surface area contributed by atoms with E-state index in [-0.39, 0.29) is 76.1 Å². The van der Waals surface area contributed by atoms with Gasteiger partial charge in [0.05, 0.1) is 7.82 Å². The molecule has 0 aliphatic heterocycles. The predicted octanol–water partition coefficient (Wildman–Crippen LogP) is -8.36. The van der Waals surface area contributed by atoms with Crippen molar-refractivity contribution in [2.75, 3.05) is 0 Å². The molecular formula is H12ClKN2O8P2. The topological polar surface area (TPSA) is 234 Å². The molecule has 0 aromatic heterocycles. The maximum atomic E-state index is 8.88. The minimum Gasteiger partial charge on any atom is -1.00 e. The minimum absolute atomic E-state index is 0. The molecule has 0 amide bonds. The van der Waals surface area contributed by atoms with E-state index in [9.17, 15) is 0 Å². The molecule has 0 saturated heterocycles. The Morgan fingerprint density at radius 3 is 0.857 bits per heavy atom. The van der Waals surface area contributed by atoms with Crippen molar-refractivity contribution in [3.05, 3.63) is 0 Å². The van der Waals surface area contributed by atoms with Gasteiger partial charge in [0.15, 0.2) is 0 Å². The summed E-state index contributed by atoms with van der Waals surface area (Å²) in [6.07, 6.45) is 0. The summed E-state index contributed by atoms with van der Waals surface area (Å²) in [5.41, 5.74) is 0. The Morgan fingerprint density at radius 2 is 0.857 bits per heavy atom. The number of rotatable bonds is 0. The molecule has 0 aliphatic rings. The number of phosphoric acid groups is 2. The zero-order chi connectivity index (χ0) is 9.00. The molecule has 0 radical (unpaired) electrons.